The van der Waals surface area contributed by atoms with Crippen molar-refractivity contribution in [1.82, 2.24) is 9.97 Å². The maximum atomic E-state index is 13.5. The minimum atomic E-state index is -0.543. The molecule has 0 aliphatic rings. The molecule has 0 saturated heterocycles. The summed E-state index contributed by atoms with van der Waals surface area (Å²) < 4.78 is 13.7. The van der Waals surface area contributed by atoms with Gasteiger partial charge in [0.15, 0.2) is 0 Å². The molecule has 0 radical (unpaired) electrons. The number of rotatable bonds is 4. The molecule has 1 aromatic heterocycles. The lowest BCUT2D eigenvalue weighted by molar-refractivity contribution is -0.384. The molecule has 0 bridgehead atoms. The van der Waals surface area contributed by atoms with Crippen LogP contribution in [-0.4, -0.2) is 14.9 Å². The second-order valence-corrected chi connectivity index (χ2v) is 5.04. The summed E-state index contributed by atoms with van der Waals surface area (Å²) in [7, 11) is 0. The number of nitro groups is 1. The first-order valence-electron chi connectivity index (χ1n) is 5.38. The van der Waals surface area contributed by atoms with E-state index in [1.165, 1.54) is 6.07 Å². The third-order valence-corrected chi connectivity index (χ3v) is 3.36. The maximum absolute atomic E-state index is 13.5. The minimum Gasteiger partial charge on any atom is -0.370 e. The molecule has 1 heterocycles. The van der Waals surface area contributed by atoms with E-state index in [-0.39, 0.29) is 21.0 Å². The Bertz CT molecular complexity index is 603. The molecule has 0 spiro atoms. The summed E-state index contributed by atoms with van der Waals surface area (Å²) in [6, 6.07) is 2.03. The van der Waals surface area contributed by atoms with E-state index in [4.69, 9.17) is 0 Å². The first-order chi connectivity index (χ1) is 8.99. The van der Waals surface area contributed by atoms with Crippen molar-refractivity contribution in [3.8, 4) is 0 Å². The van der Waals surface area contributed by atoms with Crippen molar-refractivity contribution in [3.05, 3.63) is 49.9 Å². The monoisotopic (exact) mass is 376 g/mol. The SMILES string of the molecule is CC(Nc1cc(F)c(I)cc1[N+](=O)[O-])c1ncc[nH]1. The second kappa shape index (κ2) is 5.51. The number of halogens is 2. The summed E-state index contributed by atoms with van der Waals surface area (Å²) in [6.45, 7) is 1.78. The zero-order chi connectivity index (χ0) is 14.0. The van der Waals surface area contributed by atoms with E-state index in [1.807, 2.05) is 0 Å². The zero-order valence-corrected chi connectivity index (χ0v) is 12.0. The molecular formula is C11H10FIN4O2. The Labute approximate surface area is 121 Å². The Morgan fingerprint density at radius 2 is 2.32 bits per heavy atom. The summed E-state index contributed by atoms with van der Waals surface area (Å²) in [6.07, 6.45) is 3.23. The van der Waals surface area contributed by atoms with E-state index >= 15 is 0 Å². The smallest absolute Gasteiger partial charge is 0.293 e. The van der Waals surface area contributed by atoms with E-state index in [2.05, 4.69) is 15.3 Å². The molecule has 1 atom stereocenters. The van der Waals surface area contributed by atoms with Crippen molar-refractivity contribution in [1.29, 1.82) is 0 Å². The van der Waals surface area contributed by atoms with Gasteiger partial charge in [-0.2, -0.15) is 0 Å². The average Bonchev–Trinajstić information content (AvgIpc) is 2.86. The summed E-state index contributed by atoms with van der Waals surface area (Å²) in [4.78, 5) is 17.4. The Balaban J connectivity index is 2.33. The van der Waals surface area contributed by atoms with Gasteiger partial charge in [-0.25, -0.2) is 9.37 Å². The van der Waals surface area contributed by atoms with Gasteiger partial charge in [0.1, 0.15) is 17.3 Å². The normalized spacial score (nSPS) is 12.2. The first kappa shape index (κ1) is 13.7. The molecule has 0 saturated carbocycles. The van der Waals surface area contributed by atoms with Gasteiger partial charge in [-0.05, 0) is 29.5 Å². The third kappa shape index (κ3) is 3.00. The predicted octanol–water partition coefficient (Wildman–Crippen LogP) is 3.23. The van der Waals surface area contributed by atoms with E-state index in [0.29, 0.717) is 5.82 Å². The standard InChI is InChI=1S/C11H10FIN4O2/c1-6(11-14-2-3-15-11)16-9-4-7(12)8(13)5-10(9)17(18)19/h2-6,16H,1H3,(H,14,15). The number of aromatic amines is 1. The molecule has 6 nitrogen and oxygen atoms in total. The molecule has 2 N–H and O–H groups in total. The summed E-state index contributed by atoms with van der Waals surface area (Å²) >= 11 is 1.72. The van der Waals surface area contributed by atoms with Gasteiger partial charge >= 0.3 is 0 Å². The Morgan fingerprint density at radius 3 is 2.89 bits per heavy atom. The van der Waals surface area contributed by atoms with Crippen LogP contribution in [0.5, 0.6) is 0 Å². The fourth-order valence-electron chi connectivity index (χ4n) is 1.62. The maximum Gasteiger partial charge on any atom is 0.293 e. The number of nitrogens with zero attached hydrogens (tertiary/aromatic N) is 2. The van der Waals surface area contributed by atoms with Crippen LogP contribution in [0.1, 0.15) is 18.8 Å². The van der Waals surface area contributed by atoms with E-state index < -0.39 is 10.7 Å². The van der Waals surface area contributed by atoms with Gasteiger partial charge < -0.3 is 10.3 Å². The number of nitro benzene ring substituents is 1. The van der Waals surface area contributed by atoms with Gasteiger partial charge in [-0.3, -0.25) is 10.1 Å². The Morgan fingerprint density at radius 1 is 1.58 bits per heavy atom. The molecule has 19 heavy (non-hydrogen) atoms. The highest BCUT2D eigenvalue weighted by Gasteiger charge is 2.19. The highest BCUT2D eigenvalue weighted by Crippen LogP contribution is 2.30. The zero-order valence-electron chi connectivity index (χ0n) is 9.85. The van der Waals surface area contributed by atoms with Crippen LogP contribution in [0.15, 0.2) is 24.5 Å². The van der Waals surface area contributed by atoms with Crippen molar-refractivity contribution < 1.29 is 9.31 Å². The lowest BCUT2D eigenvalue weighted by atomic mass is 10.2. The van der Waals surface area contributed by atoms with Crippen molar-refractivity contribution in [3.63, 3.8) is 0 Å². The van der Waals surface area contributed by atoms with Gasteiger partial charge in [-0.15, -0.1) is 0 Å². The number of hydrogen-bond donors (Lipinski definition) is 2. The third-order valence-electron chi connectivity index (χ3n) is 2.54. The van der Waals surface area contributed by atoms with Crippen molar-refractivity contribution in [2.75, 3.05) is 5.32 Å². The number of aromatic nitrogens is 2. The molecule has 0 amide bonds. The molecule has 1 unspecified atom stereocenters. The summed E-state index contributed by atoms with van der Waals surface area (Å²) in [5.41, 5.74) is -0.0315. The molecule has 2 rings (SSSR count). The highest BCUT2D eigenvalue weighted by atomic mass is 127. The van der Waals surface area contributed by atoms with Crippen LogP contribution in [0.25, 0.3) is 0 Å². The van der Waals surface area contributed by atoms with Crippen LogP contribution < -0.4 is 5.32 Å². The number of imidazole rings is 1. The Hall–Kier alpha value is -1.71. The highest BCUT2D eigenvalue weighted by molar-refractivity contribution is 14.1. The van der Waals surface area contributed by atoms with Crippen molar-refractivity contribution >= 4 is 34.0 Å². The number of benzene rings is 1. The van der Waals surface area contributed by atoms with Crippen LogP contribution >= 0.6 is 22.6 Å². The fraction of sp³-hybridized carbons (Fsp3) is 0.182. The number of H-pyrrole nitrogens is 1. The summed E-state index contributed by atoms with van der Waals surface area (Å²) in [5.74, 6) is 0.119. The summed E-state index contributed by atoms with van der Waals surface area (Å²) in [5, 5.41) is 13.9. The lowest BCUT2D eigenvalue weighted by Crippen LogP contribution is -2.10. The quantitative estimate of drug-likeness (QED) is 0.488. The van der Waals surface area contributed by atoms with Crippen LogP contribution in [0.2, 0.25) is 0 Å². The molecular weight excluding hydrogens is 366 g/mol. The van der Waals surface area contributed by atoms with Gasteiger partial charge in [0, 0.05) is 24.5 Å². The average molecular weight is 376 g/mol. The first-order valence-corrected chi connectivity index (χ1v) is 6.46. The Kier molecular flexibility index (Phi) is 3.98. The fourth-order valence-corrected chi connectivity index (χ4v) is 2.07. The molecule has 0 aliphatic carbocycles. The predicted molar refractivity (Wildman–Crippen MR) is 76.4 cm³/mol. The molecule has 1 aromatic carbocycles. The van der Waals surface area contributed by atoms with Gasteiger partial charge in [-0.1, -0.05) is 0 Å². The minimum absolute atomic E-state index is 0.131. The topological polar surface area (TPSA) is 83.8 Å². The lowest BCUT2D eigenvalue weighted by Gasteiger charge is -2.13. The second-order valence-electron chi connectivity index (χ2n) is 3.88. The van der Waals surface area contributed by atoms with Crippen molar-refractivity contribution in [2.45, 2.75) is 13.0 Å². The number of anilines is 1. The molecule has 0 aliphatic heterocycles. The van der Waals surface area contributed by atoms with Crippen LogP contribution in [0, 0.1) is 19.5 Å². The molecule has 2 aromatic rings. The van der Waals surface area contributed by atoms with Crippen LogP contribution in [0.3, 0.4) is 0 Å². The molecule has 0 fully saturated rings. The van der Waals surface area contributed by atoms with Gasteiger partial charge in [0.05, 0.1) is 14.5 Å². The largest absolute Gasteiger partial charge is 0.370 e. The van der Waals surface area contributed by atoms with Crippen LogP contribution in [0.4, 0.5) is 15.8 Å². The molecule has 100 valence electrons. The van der Waals surface area contributed by atoms with Gasteiger partial charge in [0.2, 0.25) is 0 Å². The van der Waals surface area contributed by atoms with Crippen molar-refractivity contribution in [2.24, 2.45) is 0 Å². The van der Waals surface area contributed by atoms with Gasteiger partial charge in [0.25, 0.3) is 5.69 Å². The van der Waals surface area contributed by atoms with E-state index in [9.17, 15) is 14.5 Å². The number of hydrogen-bond acceptors (Lipinski definition) is 4. The van der Waals surface area contributed by atoms with E-state index in [0.717, 1.165) is 6.07 Å². The van der Waals surface area contributed by atoms with Crippen LogP contribution in [-0.2, 0) is 0 Å². The van der Waals surface area contributed by atoms with E-state index in [1.54, 1.807) is 41.9 Å². The number of nitrogens with one attached hydrogen (secondary N) is 2. The molecule has 8 heteroatoms.